The van der Waals surface area contributed by atoms with Crippen molar-refractivity contribution in [3.8, 4) is 0 Å². The monoisotopic (exact) mass is 764 g/mol. The van der Waals surface area contributed by atoms with Crippen molar-refractivity contribution in [2.75, 3.05) is 26.2 Å². The molecule has 0 spiro atoms. The van der Waals surface area contributed by atoms with Crippen LogP contribution in [0.3, 0.4) is 0 Å². The van der Waals surface area contributed by atoms with E-state index >= 15 is 0 Å². The van der Waals surface area contributed by atoms with Gasteiger partial charge in [0.05, 0.1) is 0 Å². The number of carbonyl (C=O) groups excluding carboxylic acids is 2. The van der Waals surface area contributed by atoms with Gasteiger partial charge in [0, 0.05) is 35.3 Å². The third-order valence-corrected chi connectivity index (χ3v) is 10.2. The van der Waals surface area contributed by atoms with Gasteiger partial charge in [-0.1, -0.05) is 90.9 Å². The quantitative estimate of drug-likeness (QED) is 0.125. The number of hydrogen-bond donors (Lipinski definition) is 2. The van der Waals surface area contributed by atoms with Gasteiger partial charge in [-0.3, -0.25) is 14.6 Å². The molecule has 1 aromatic heterocycles. The van der Waals surface area contributed by atoms with Gasteiger partial charge in [-0.25, -0.2) is 0 Å². The second kappa shape index (κ2) is 25.4. The van der Waals surface area contributed by atoms with E-state index in [2.05, 4.69) is 17.6 Å². The summed E-state index contributed by atoms with van der Waals surface area (Å²) >= 11 is 1.25. The fourth-order valence-electron chi connectivity index (χ4n) is 6.71. The molecule has 3 aliphatic rings. The van der Waals surface area contributed by atoms with E-state index in [9.17, 15) is 9.59 Å². The van der Waals surface area contributed by atoms with E-state index in [-0.39, 0.29) is 54.4 Å². The Morgan fingerprint density at radius 2 is 1.29 bits per heavy atom. The fraction of sp³-hybridized carbons (Fsp3) is 0.800. The zero-order valence-electron chi connectivity index (χ0n) is 29.0. The fourth-order valence-corrected chi connectivity index (χ4v) is 7.49. The van der Waals surface area contributed by atoms with Crippen LogP contribution in [0.2, 0.25) is 0 Å². The van der Waals surface area contributed by atoms with Crippen LogP contribution in [0.1, 0.15) is 122 Å². The Hall–Kier alpha value is -0.621. The van der Waals surface area contributed by atoms with Crippen LogP contribution >= 0.6 is 32.0 Å². The first-order valence-corrected chi connectivity index (χ1v) is 22.3. The molecular weight excluding hydrogens is 708 g/mol. The third-order valence-electron chi connectivity index (χ3n) is 9.42. The van der Waals surface area contributed by atoms with Crippen LogP contribution in [0.5, 0.6) is 0 Å². The van der Waals surface area contributed by atoms with Crippen LogP contribution in [0.15, 0.2) is 17.0 Å². The molecule has 1 aromatic rings. The first-order valence-electron chi connectivity index (χ1n) is 18.2. The Balaban J connectivity index is 0.00000201. The van der Waals surface area contributed by atoms with Crippen molar-refractivity contribution in [3.05, 3.63) is 44.8 Å². The standard InChI is InChI=1S/C35H57N7O2S.2ClH.Mn/c1-3-4-13-26(2)34(43)38-18-11-5-6-12-19-39-35(44)45-29-22-27-24-40-32-16-9-7-14-30(32)36-20-21-37-31-15-8-10-17-33(31)41-25-28(23-29)42-27;;;/h22-23,26,30-33H,3-21,24-25H2,1-2H3,(H,38,43)(H,39,44);2*1H;/q-4;;;+2/p-2/t26?,30-,31-,32-,33-;;;/m1.../s1. The zero-order valence-corrected chi connectivity index (χ0v) is 32.5. The number of pyridine rings is 1. The van der Waals surface area contributed by atoms with Gasteiger partial charge >= 0.3 is 33.3 Å². The van der Waals surface area contributed by atoms with Gasteiger partial charge in [-0.2, -0.15) is 37.3 Å². The van der Waals surface area contributed by atoms with E-state index in [0.717, 1.165) is 107 Å². The van der Waals surface area contributed by atoms with Crippen LogP contribution in [0, 0.1) is 5.92 Å². The van der Waals surface area contributed by atoms with Gasteiger partial charge in [0.2, 0.25) is 5.91 Å². The second-order valence-electron chi connectivity index (χ2n) is 13.2. The molecule has 2 heterocycles. The summed E-state index contributed by atoms with van der Waals surface area (Å²) in [6, 6.07) is 5.11. The van der Waals surface area contributed by atoms with E-state index in [4.69, 9.17) is 46.4 Å². The zero-order chi connectivity index (χ0) is 34.4. The molecule has 2 amide bonds. The van der Waals surface area contributed by atoms with Crippen LogP contribution in [-0.4, -0.2) is 66.5 Å². The maximum absolute atomic E-state index is 12.9. The molecule has 2 bridgehead atoms. The summed E-state index contributed by atoms with van der Waals surface area (Å²) in [5, 5.41) is 26.4. The molecule has 1 aliphatic heterocycles. The SMILES string of the molecule is CCCCC(C)C(=O)NCCCCCCNC(=O)Sc1cc2nc(c1)C[N-][C@@H]1CCCC[C@H]1[N-]CC[N-][C@@H]1CCCC[C@H]1[N-]C2.[Cl][Mn][Cl]. The average molecular weight is 766 g/mol. The number of halogens is 2. The van der Waals surface area contributed by atoms with Gasteiger partial charge in [-0.15, -0.1) is 13.1 Å². The predicted molar refractivity (Wildman–Crippen MR) is 198 cm³/mol. The summed E-state index contributed by atoms with van der Waals surface area (Å²) in [5.41, 5.74) is 1.82. The predicted octanol–water partition coefficient (Wildman–Crippen LogP) is 9.89. The van der Waals surface area contributed by atoms with Crippen LogP contribution in [0.25, 0.3) is 21.3 Å². The molecule has 9 nitrogen and oxygen atoms in total. The number of fused-ring (bicyclic) bond motifs is 4. The molecule has 2 N–H and O–H groups in total. The van der Waals surface area contributed by atoms with Gasteiger partial charge in [-0.05, 0) is 43.2 Å². The van der Waals surface area contributed by atoms with Gasteiger partial charge in [0.15, 0.2) is 0 Å². The van der Waals surface area contributed by atoms with Crippen molar-refractivity contribution in [3.63, 3.8) is 0 Å². The molecule has 0 saturated heterocycles. The van der Waals surface area contributed by atoms with E-state index < -0.39 is 0 Å². The Kier molecular flexibility index (Phi) is 22.1. The van der Waals surface area contributed by atoms with E-state index in [1.807, 2.05) is 19.1 Å². The van der Waals surface area contributed by atoms with Crippen molar-refractivity contribution in [1.29, 1.82) is 0 Å². The molecule has 275 valence electrons. The van der Waals surface area contributed by atoms with Crippen molar-refractivity contribution >= 4 is 43.1 Å². The van der Waals surface area contributed by atoms with Crippen LogP contribution < -0.4 is 10.6 Å². The number of nitrogens with one attached hydrogen (secondary N) is 2. The van der Waals surface area contributed by atoms with Crippen molar-refractivity contribution < 1.29 is 22.7 Å². The van der Waals surface area contributed by atoms with Crippen LogP contribution in [0.4, 0.5) is 4.79 Å². The number of thioether (sulfide) groups is 1. The van der Waals surface area contributed by atoms with Crippen molar-refractivity contribution in [2.24, 2.45) is 5.92 Å². The molecule has 48 heavy (non-hydrogen) atoms. The summed E-state index contributed by atoms with van der Waals surface area (Å²) < 4.78 is 0. The number of nitrogens with zero attached hydrogens (tertiary/aromatic N) is 5. The molecule has 4 rings (SSSR count). The Morgan fingerprint density at radius 1 is 0.812 bits per heavy atom. The van der Waals surface area contributed by atoms with Gasteiger partial charge in [0.25, 0.3) is 5.24 Å². The van der Waals surface area contributed by atoms with Crippen LogP contribution in [-0.2, 0) is 31.0 Å². The first-order chi connectivity index (χ1) is 23.4. The number of aromatic nitrogens is 1. The summed E-state index contributed by atoms with van der Waals surface area (Å²) in [7, 11) is 9.59. The third kappa shape index (κ3) is 16.6. The van der Waals surface area contributed by atoms with Crippen molar-refractivity contribution in [1.82, 2.24) is 15.6 Å². The summed E-state index contributed by atoms with van der Waals surface area (Å²) in [6.45, 7) is 8.23. The van der Waals surface area contributed by atoms with Gasteiger partial charge in [0.1, 0.15) is 0 Å². The number of carbonyl (C=O) groups is 2. The number of rotatable bonds is 12. The van der Waals surface area contributed by atoms with E-state index in [0.29, 0.717) is 19.6 Å². The normalized spacial score (nSPS) is 23.9. The molecule has 0 radical (unpaired) electrons. The van der Waals surface area contributed by atoms with E-state index in [1.165, 1.54) is 37.4 Å². The summed E-state index contributed by atoms with van der Waals surface area (Å²) in [4.78, 5) is 30.9. The molecular formula is C35H57Cl2MnN7O2S-4. The molecule has 2 fully saturated rings. The number of unbranched alkanes of at least 4 members (excludes halogenated alkanes) is 4. The molecule has 0 aromatic carbocycles. The topological polar surface area (TPSA) is 127 Å². The minimum absolute atomic E-state index is 0.00694. The summed E-state index contributed by atoms with van der Waals surface area (Å²) in [6.07, 6.45) is 16.4. The molecule has 2 saturated carbocycles. The number of hydrogen-bond acceptors (Lipinski definition) is 4. The average Bonchev–Trinajstić information content (AvgIpc) is 3.09. The van der Waals surface area contributed by atoms with E-state index in [1.54, 1.807) is 0 Å². The number of amides is 2. The maximum atomic E-state index is 12.9. The summed E-state index contributed by atoms with van der Waals surface area (Å²) in [5.74, 6) is 0.267. The Labute approximate surface area is 309 Å². The first kappa shape index (κ1) is 41.8. The molecule has 13 heteroatoms. The molecule has 2 aliphatic carbocycles. The Bertz CT molecular complexity index is 1010. The van der Waals surface area contributed by atoms with Crippen molar-refractivity contribution in [2.45, 2.75) is 152 Å². The molecule has 5 atom stereocenters. The minimum atomic E-state index is -0.0384. The molecule has 1 unspecified atom stereocenters. The second-order valence-corrected chi connectivity index (χ2v) is 16.2. The van der Waals surface area contributed by atoms with Gasteiger partial charge < -0.3 is 31.9 Å². The Morgan fingerprint density at radius 3 is 1.79 bits per heavy atom.